The Bertz CT molecular complexity index is 1020. The third-order valence-corrected chi connectivity index (χ3v) is 6.69. The average Bonchev–Trinajstić information content (AvgIpc) is 2.65. The minimum atomic E-state index is -0.830. The molecule has 0 aromatic heterocycles. The number of aliphatic carboxylic acids is 1. The van der Waals surface area contributed by atoms with Gasteiger partial charge in [0, 0.05) is 11.5 Å². The summed E-state index contributed by atoms with van der Waals surface area (Å²) < 4.78 is 0. The van der Waals surface area contributed by atoms with Crippen molar-refractivity contribution in [2.75, 3.05) is 0 Å². The van der Waals surface area contributed by atoms with Gasteiger partial charge in [0.2, 0.25) is 0 Å². The van der Waals surface area contributed by atoms with Crippen molar-refractivity contribution in [1.82, 2.24) is 0 Å². The molecular weight excluding hydrogens is 424 g/mol. The van der Waals surface area contributed by atoms with Gasteiger partial charge in [-0.2, -0.15) is 0 Å². The van der Waals surface area contributed by atoms with Crippen molar-refractivity contribution < 1.29 is 20.1 Å². The molecule has 0 aliphatic heterocycles. The monoisotopic (exact) mass is 468 g/mol. The van der Waals surface area contributed by atoms with Gasteiger partial charge in [-0.1, -0.05) is 100 Å². The lowest BCUT2D eigenvalue weighted by Crippen LogP contribution is -2.19. The third-order valence-electron chi connectivity index (χ3n) is 6.69. The summed E-state index contributed by atoms with van der Waals surface area (Å²) in [6.07, 6.45) is 0.397. The van der Waals surface area contributed by atoms with Crippen LogP contribution in [0.5, 0.6) is 11.5 Å². The lowest BCUT2D eigenvalue weighted by Gasteiger charge is -2.30. The van der Waals surface area contributed by atoms with Crippen LogP contribution in [0.15, 0.2) is 24.3 Å². The molecule has 0 spiro atoms. The molecule has 0 fully saturated rings. The number of carboxylic acids is 1. The molecule has 4 heteroatoms. The molecule has 0 aliphatic carbocycles. The maximum Gasteiger partial charge on any atom is 0.306 e. The van der Waals surface area contributed by atoms with Crippen molar-refractivity contribution in [3.63, 3.8) is 0 Å². The fourth-order valence-corrected chi connectivity index (χ4v) is 4.41. The van der Waals surface area contributed by atoms with Crippen molar-refractivity contribution in [2.24, 2.45) is 5.92 Å². The summed E-state index contributed by atoms with van der Waals surface area (Å²) in [5.41, 5.74) is 4.48. The zero-order chi connectivity index (χ0) is 26.4. The van der Waals surface area contributed by atoms with Gasteiger partial charge >= 0.3 is 5.97 Å². The van der Waals surface area contributed by atoms with Crippen molar-refractivity contribution in [3.05, 3.63) is 57.6 Å². The first kappa shape index (κ1) is 27.8. The van der Waals surface area contributed by atoms with E-state index in [-0.39, 0.29) is 27.9 Å². The second-order valence-corrected chi connectivity index (χ2v) is 13.0. The van der Waals surface area contributed by atoms with Crippen LogP contribution in [0, 0.1) is 5.92 Å². The summed E-state index contributed by atoms with van der Waals surface area (Å²) in [5, 5.41) is 32.0. The molecule has 0 radical (unpaired) electrons. The number of carbonyl (C=O) groups is 1. The van der Waals surface area contributed by atoms with Gasteiger partial charge in [-0.05, 0) is 50.5 Å². The first-order chi connectivity index (χ1) is 15.2. The van der Waals surface area contributed by atoms with E-state index in [1.54, 1.807) is 6.92 Å². The van der Waals surface area contributed by atoms with E-state index in [2.05, 4.69) is 81.4 Å². The maximum absolute atomic E-state index is 11.5. The smallest absolute Gasteiger partial charge is 0.306 e. The van der Waals surface area contributed by atoms with E-state index >= 15 is 0 Å². The highest BCUT2D eigenvalue weighted by Crippen LogP contribution is 2.45. The average molecular weight is 469 g/mol. The van der Waals surface area contributed by atoms with Crippen molar-refractivity contribution in [3.8, 4) is 11.5 Å². The quantitative estimate of drug-likeness (QED) is 0.427. The minimum absolute atomic E-state index is 0.149. The fourth-order valence-electron chi connectivity index (χ4n) is 4.41. The van der Waals surface area contributed by atoms with Gasteiger partial charge < -0.3 is 15.3 Å². The van der Waals surface area contributed by atoms with Crippen molar-refractivity contribution in [1.29, 1.82) is 0 Å². The normalized spacial score (nSPS) is 14.7. The summed E-state index contributed by atoms with van der Waals surface area (Å²) in [5.74, 6) is -0.907. The highest BCUT2D eigenvalue weighted by atomic mass is 16.4. The number of hydrogen-bond acceptors (Lipinski definition) is 3. The van der Waals surface area contributed by atoms with Crippen LogP contribution < -0.4 is 0 Å². The van der Waals surface area contributed by atoms with E-state index in [0.29, 0.717) is 12.2 Å². The van der Waals surface area contributed by atoms with Crippen LogP contribution in [0.2, 0.25) is 0 Å². The maximum atomic E-state index is 11.5. The van der Waals surface area contributed by atoms with Gasteiger partial charge in [0.25, 0.3) is 0 Å². The van der Waals surface area contributed by atoms with Gasteiger partial charge in [-0.25, -0.2) is 0 Å². The largest absolute Gasteiger partial charge is 0.507 e. The summed E-state index contributed by atoms with van der Waals surface area (Å²) >= 11 is 0. The van der Waals surface area contributed by atoms with E-state index in [9.17, 15) is 20.1 Å². The molecule has 0 heterocycles. The van der Waals surface area contributed by atoms with Crippen LogP contribution in [0.3, 0.4) is 0 Å². The Labute approximate surface area is 206 Å². The first-order valence-corrected chi connectivity index (χ1v) is 12.2. The number of phenolic OH excluding ortho intramolecular Hbond substituents is 2. The second kappa shape index (κ2) is 9.28. The van der Waals surface area contributed by atoms with Gasteiger partial charge in [0.15, 0.2) is 0 Å². The number of benzene rings is 2. The van der Waals surface area contributed by atoms with Crippen LogP contribution in [0.25, 0.3) is 0 Å². The summed E-state index contributed by atoms with van der Waals surface area (Å²) in [4.78, 5) is 11.5. The van der Waals surface area contributed by atoms with Crippen LogP contribution in [0.4, 0.5) is 0 Å². The van der Waals surface area contributed by atoms with E-state index < -0.39 is 11.9 Å². The highest BCUT2D eigenvalue weighted by Gasteiger charge is 2.30. The Hall–Kier alpha value is -2.49. The molecule has 0 saturated heterocycles. The summed E-state index contributed by atoms with van der Waals surface area (Å²) in [7, 11) is 0. The first-order valence-electron chi connectivity index (χ1n) is 12.2. The van der Waals surface area contributed by atoms with E-state index in [4.69, 9.17) is 0 Å². The molecule has 2 atom stereocenters. The SMILES string of the molecule is CC(Cc1cc(C(C)c2cc(C(C)(C)C)c(O)c(C(C)(C)C)c2)c(O)c(C(C)(C)C)c1)C(=O)O. The molecule has 2 aromatic carbocycles. The van der Waals surface area contributed by atoms with Crippen LogP contribution in [0.1, 0.15) is 115 Å². The van der Waals surface area contributed by atoms with Crippen LogP contribution in [-0.4, -0.2) is 21.3 Å². The minimum Gasteiger partial charge on any atom is -0.507 e. The molecule has 0 saturated carbocycles. The number of carboxylic acid groups (broad SMARTS) is 1. The van der Waals surface area contributed by atoms with Gasteiger partial charge in [-0.15, -0.1) is 0 Å². The van der Waals surface area contributed by atoms with E-state index in [1.165, 1.54) is 0 Å². The summed E-state index contributed by atoms with van der Waals surface area (Å²) in [6.45, 7) is 22.5. The standard InChI is InChI=1S/C30H44O4/c1-17(27(33)34)12-19-13-21(25(31)22(14-19)28(3,4)5)18(2)20-15-23(29(6,7)8)26(32)24(16-20)30(9,10)11/h13-18,31-32H,12H2,1-11H3,(H,33,34). The molecule has 3 N–H and O–H groups in total. The number of rotatable bonds is 5. The molecule has 4 nitrogen and oxygen atoms in total. The Morgan fingerprint density at radius 1 is 0.735 bits per heavy atom. The van der Waals surface area contributed by atoms with Crippen LogP contribution >= 0.6 is 0 Å². The van der Waals surface area contributed by atoms with Crippen molar-refractivity contribution in [2.45, 2.75) is 105 Å². The zero-order valence-electron chi connectivity index (χ0n) is 22.9. The fraction of sp³-hybridized carbons (Fsp3) is 0.567. The Balaban J connectivity index is 2.80. The number of aromatic hydroxyl groups is 2. The molecule has 0 aliphatic rings. The molecule has 2 rings (SSSR count). The molecule has 0 bridgehead atoms. The van der Waals surface area contributed by atoms with Gasteiger partial charge in [0.05, 0.1) is 5.92 Å². The second-order valence-electron chi connectivity index (χ2n) is 13.0. The van der Waals surface area contributed by atoms with E-state index in [0.717, 1.165) is 33.4 Å². The zero-order valence-corrected chi connectivity index (χ0v) is 22.9. The van der Waals surface area contributed by atoms with Gasteiger partial charge in [0.1, 0.15) is 11.5 Å². The van der Waals surface area contributed by atoms with Gasteiger partial charge in [-0.3, -0.25) is 4.79 Å². The number of hydrogen-bond donors (Lipinski definition) is 3. The summed E-state index contributed by atoms with van der Waals surface area (Å²) in [6, 6.07) is 8.01. The predicted octanol–water partition coefficient (Wildman–Crippen LogP) is 7.41. The Kier molecular flexibility index (Phi) is 7.57. The van der Waals surface area contributed by atoms with E-state index in [1.807, 2.05) is 12.1 Å². The Morgan fingerprint density at radius 2 is 1.15 bits per heavy atom. The molecular formula is C30H44O4. The van der Waals surface area contributed by atoms with Crippen molar-refractivity contribution >= 4 is 5.97 Å². The predicted molar refractivity (Wildman–Crippen MR) is 140 cm³/mol. The molecule has 2 aromatic rings. The Morgan fingerprint density at radius 3 is 1.53 bits per heavy atom. The van der Waals surface area contributed by atoms with Crippen LogP contribution in [-0.2, 0) is 27.5 Å². The third kappa shape index (κ3) is 5.95. The lowest BCUT2D eigenvalue weighted by molar-refractivity contribution is -0.141. The lowest BCUT2D eigenvalue weighted by atomic mass is 9.75. The topological polar surface area (TPSA) is 77.8 Å². The number of phenols is 2. The molecule has 34 heavy (non-hydrogen) atoms. The molecule has 2 unspecified atom stereocenters. The molecule has 188 valence electrons. The molecule has 0 amide bonds. The highest BCUT2D eigenvalue weighted by molar-refractivity contribution is 5.70.